The molecule has 0 aliphatic heterocycles. The Morgan fingerprint density at radius 2 is 2.06 bits per heavy atom. The molecule has 0 bridgehead atoms. The molecule has 16 heavy (non-hydrogen) atoms. The van der Waals surface area contributed by atoms with Gasteiger partial charge in [0.25, 0.3) is 0 Å². The predicted octanol–water partition coefficient (Wildman–Crippen LogP) is 3.47. The lowest BCUT2D eigenvalue weighted by Crippen LogP contribution is -2.06. The Bertz CT molecular complexity index is 348. The number of hydrogen-bond donors (Lipinski definition) is 0. The number of thioether (sulfide) groups is 1. The zero-order valence-electron chi connectivity index (χ0n) is 10.0. The second-order valence-corrected chi connectivity index (χ2v) is 4.80. The largest absolute Gasteiger partial charge is 0.465 e. The molecule has 0 aliphatic rings. The molecule has 0 aromatic heterocycles. The third kappa shape index (κ3) is 3.89. The second kappa shape index (κ2) is 6.59. The molecular formula is C13H18O2S. The van der Waals surface area contributed by atoms with Crippen LogP contribution in [-0.2, 0) is 9.53 Å². The van der Waals surface area contributed by atoms with Crippen LogP contribution in [0.5, 0.6) is 0 Å². The summed E-state index contributed by atoms with van der Waals surface area (Å²) in [5, 5.41) is 0. The molecule has 1 rings (SSSR count). The molecule has 0 heterocycles. The quantitative estimate of drug-likeness (QED) is 0.580. The molecule has 0 N–H and O–H groups in total. The average Bonchev–Trinajstić information content (AvgIpc) is 2.27. The standard InChI is InChI=1S/C13H18O2S/c1-4-15-13(14)9-16-12-8-6-5-7-11(12)10(2)3/h5-8,10H,4,9H2,1-3H3. The summed E-state index contributed by atoms with van der Waals surface area (Å²) in [5.41, 5.74) is 1.29. The van der Waals surface area contributed by atoms with Gasteiger partial charge in [0, 0.05) is 4.90 Å². The number of carbonyl (C=O) groups is 1. The van der Waals surface area contributed by atoms with Crippen LogP contribution in [-0.4, -0.2) is 18.3 Å². The Labute approximate surface area is 101 Å². The molecule has 0 atom stereocenters. The topological polar surface area (TPSA) is 26.3 Å². The van der Waals surface area contributed by atoms with Gasteiger partial charge in [0.1, 0.15) is 0 Å². The summed E-state index contributed by atoms with van der Waals surface area (Å²) >= 11 is 1.55. The van der Waals surface area contributed by atoms with E-state index in [0.717, 1.165) is 0 Å². The fourth-order valence-corrected chi connectivity index (χ4v) is 2.43. The number of carbonyl (C=O) groups excluding carboxylic acids is 1. The van der Waals surface area contributed by atoms with Crippen molar-refractivity contribution in [1.29, 1.82) is 0 Å². The Kier molecular flexibility index (Phi) is 5.39. The zero-order chi connectivity index (χ0) is 12.0. The van der Waals surface area contributed by atoms with E-state index in [-0.39, 0.29) is 5.97 Å². The third-order valence-electron chi connectivity index (χ3n) is 2.19. The average molecular weight is 238 g/mol. The van der Waals surface area contributed by atoms with Gasteiger partial charge in [0.2, 0.25) is 0 Å². The normalized spacial score (nSPS) is 10.5. The van der Waals surface area contributed by atoms with E-state index in [1.54, 1.807) is 11.8 Å². The van der Waals surface area contributed by atoms with Crippen molar-refractivity contribution >= 4 is 17.7 Å². The van der Waals surface area contributed by atoms with Crippen molar-refractivity contribution in [3.63, 3.8) is 0 Å². The fourth-order valence-electron chi connectivity index (χ4n) is 1.43. The van der Waals surface area contributed by atoms with Crippen molar-refractivity contribution in [3.05, 3.63) is 29.8 Å². The highest BCUT2D eigenvalue weighted by Crippen LogP contribution is 2.28. The van der Waals surface area contributed by atoms with E-state index in [0.29, 0.717) is 18.3 Å². The highest BCUT2D eigenvalue weighted by atomic mass is 32.2. The lowest BCUT2D eigenvalue weighted by Gasteiger charge is -2.11. The molecule has 0 unspecified atom stereocenters. The van der Waals surface area contributed by atoms with E-state index in [9.17, 15) is 4.79 Å². The number of hydrogen-bond acceptors (Lipinski definition) is 3. The molecule has 0 fully saturated rings. The van der Waals surface area contributed by atoms with Gasteiger partial charge in [-0.2, -0.15) is 0 Å². The summed E-state index contributed by atoms with van der Waals surface area (Å²) in [4.78, 5) is 12.4. The first-order valence-corrected chi connectivity index (χ1v) is 6.51. The van der Waals surface area contributed by atoms with E-state index in [1.165, 1.54) is 10.5 Å². The van der Waals surface area contributed by atoms with Crippen LogP contribution in [0.25, 0.3) is 0 Å². The first kappa shape index (κ1) is 13.1. The van der Waals surface area contributed by atoms with Crippen LogP contribution in [0.1, 0.15) is 32.3 Å². The minimum Gasteiger partial charge on any atom is -0.465 e. The predicted molar refractivity (Wildman–Crippen MR) is 67.9 cm³/mol. The Balaban J connectivity index is 2.63. The van der Waals surface area contributed by atoms with Crippen molar-refractivity contribution in [2.45, 2.75) is 31.6 Å². The molecule has 0 spiro atoms. The molecule has 0 radical (unpaired) electrons. The molecule has 0 aliphatic carbocycles. The van der Waals surface area contributed by atoms with E-state index in [1.807, 2.05) is 19.1 Å². The number of rotatable bonds is 5. The van der Waals surface area contributed by atoms with Gasteiger partial charge in [-0.05, 0) is 24.5 Å². The van der Waals surface area contributed by atoms with Crippen LogP contribution in [0.2, 0.25) is 0 Å². The SMILES string of the molecule is CCOC(=O)CSc1ccccc1C(C)C. The number of esters is 1. The van der Waals surface area contributed by atoms with Crippen LogP contribution in [0, 0.1) is 0 Å². The molecule has 2 nitrogen and oxygen atoms in total. The molecule has 0 amide bonds. The molecule has 88 valence electrons. The van der Waals surface area contributed by atoms with E-state index in [2.05, 4.69) is 26.0 Å². The molecule has 0 saturated carbocycles. The van der Waals surface area contributed by atoms with Crippen LogP contribution < -0.4 is 0 Å². The van der Waals surface area contributed by atoms with E-state index >= 15 is 0 Å². The Hall–Kier alpha value is -0.960. The lowest BCUT2D eigenvalue weighted by molar-refractivity contribution is -0.139. The minimum absolute atomic E-state index is 0.147. The minimum atomic E-state index is -0.147. The number of benzene rings is 1. The van der Waals surface area contributed by atoms with Crippen molar-refractivity contribution in [2.24, 2.45) is 0 Å². The summed E-state index contributed by atoms with van der Waals surface area (Å²) < 4.78 is 4.90. The smallest absolute Gasteiger partial charge is 0.316 e. The van der Waals surface area contributed by atoms with Crippen LogP contribution in [0.15, 0.2) is 29.2 Å². The second-order valence-electron chi connectivity index (χ2n) is 3.79. The van der Waals surface area contributed by atoms with Crippen LogP contribution >= 0.6 is 11.8 Å². The van der Waals surface area contributed by atoms with Crippen molar-refractivity contribution < 1.29 is 9.53 Å². The molecular weight excluding hydrogens is 220 g/mol. The Morgan fingerprint density at radius 3 is 2.69 bits per heavy atom. The van der Waals surface area contributed by atoms with E-state index < -0.39 is 0 Å². The maximum absolute atomic E-state index is 11.3. The van der Waals surface area contributed by atoms with Crippen LogP contribution in [0.4, 0.5) is 0 Å². The summed E-state index contributed by atoms with van der Waals surface area (Å²) in [7, 11) is 0. The highest BCUT2D eigenvalue weighted by Gasteiger charge is 2.08. The molecule has 0 saturated heterocycles. The van der Waals surface area contributed by atoms with Gasteiger partial charge in [-0.15, -0.1) is 11.8 Å². The molecule has 1 aromatic carbocycles. The van der Waals surface area contributed by atoms with Gasteiger partial charge >= 0.3 is 5.97 Å². The maximum atomic E-state index is 11.3. The first-order valence-electron chi connectivity index (χ1n) is 5.52. The molecule has 3 heteroatoms. The van der Waals surface area contributed by atoms with E-state index in [4.69, 9.17) is 4.74 Å². The van der Waals surface area contributed by atoms with Crippen molar-refractivity contribution in [1.82, 2.24) is 0 Å². The maximum Gasteiger partial charge on any atom is 0.316 e. The summed E-state index contributed by atoms with van der Waals surface area (Å²) in [6.45, 7) is 6.59. The lowest BCUT2D eigenvalue weighted by atomic mass is 10.0. The van der Waals surface area contributed by atoms with Gasteiger partial charge in [-0.3, -0.25) is 4.79 Å². The van der Waals surface area contributed by atoms with Gasteiger partial charge in [0.05, 0.1) is 12.4 Å². The highest BCUT2D eigenvalue weighted by molar-refractivity contribution is 8.00. The summed E-state index contributed by atoms with van der Waals surface area (Å²) in [6, 6.07) is 8.19. The van der Waals surface area contributed by atoms with Gasteiger partial charge < -0.3 is 4.74 Å². The molecule has 1 aromatic rings. The monoisotopic (exact) mass is 238 g/mol. The first-order chi connectivity index (χ1) is 7.65. The van der Waals surface area contributed by atoms with Crippen LogP contribution in [0.3, 0.4) is 0 Å². The van der Waals surface area contributed by atoms with Gasteiger partial charge in [-0.25, -0.2) is 0 Å². The van der Waals surface area contributed by atoms with Gasteiger partial charge in [-0.1, -0.05) is 32.0 Å². The van der Waals surface area contributed by atoms with Gasteiger partial charge in [0.15, 0.2) is 0 Å². The zero-order valence-corrected chi connectivity index (χ0v) is 10.8. The number of ether oxygens (including phenoxy) is 1. The Morgan fingerprint density at radius 1 is 1.38 bits per heavy atom. The summed E-state index contributed by atoms with van der Waals surface area (Å²) in [6.07, 6.45) is 0. The van der Waals surface area contributed by atoms with Crippen molar-refractivity contribution in [3.8, 4) is 0 Å². The van der Waals surface area contributed by atoms with Crippen molar-refractivity contribution in [2.75, 3.05) is 12.4 Å². The fraction of sp³-hybridized carbons (Fsp3) is 0.462. The third-order valence-corrected chi connectivity index (χ3v) is 3.25. The summed E-state index contributed by atoms with van der Waals surface area (Å²) in [5.74, 6) is 0.717.